The first-order chi connectivity index (χ1) is 10.0. The molecule has 0 spiro atoms. The maximum absolute atomic E-state index is 5.81. The Morgan fingerprint density at radius 1 is 0.667 bits per heavy atom. The average molecular weight is 297 g/mol. The molecule has 1 fully saturated rings. The summed E-state index contributed by atoms with van der Waals surface area (Å²) in [6, 6.07) is 0. The van der Waals surface area contributed by atoms with E-state index in [1.54, 1.807) is 0 Å². The Kier molecular flexibility index (Phi) is 9.64. The van der Waals surface area contributed by atoms with Crippen LogP contribution in [0.15, 0.2) is 0 Å². The lowest BCUT2D eigenvalue weighted by Gasteiger charge is -2.17. The zero-order valence-corrected chi connectivity index (χ0v) is 15.3. The van der Waals surface area contributed by atoms with Crippen molar-refractivity contribution < 1.29 is 4.74 Å². The van der Waals surface area contributed by atoms with Crippen molar-refractivity contribution in [3.63, 3.8) is 0 Å². The fourth-order valence-corrected chi connectivity index (χ4v) is 3.17. The van der Waals surface area contributed by atoms with E-state index < -0.39 is 0 Å². The zero-order valence-electron chi connectivity index (χ0n) is 15.3. The topological polar surface area (TPSA) is 12.5 Å². The van der Waals surface area contributed by atoms with Gasteiger partial charge in [-0.25, -0.2) is 0 Å². The predicted molar refractivity (Wildman–Crippen MR) is 93.8 cm³/mol. The van der Waals surface area contributed by atoms with Gasteiger partial charge in [0.25, 0.3) is 0 Å². The van der Waals surface area contributed by atoms with E-state index in [0.29, 0.717) is 17.6 Å². The van der Waals surface area contributed by atoms with Crippen molar-refractivity contribution in [1.82, 2.24) is 0 Å². The van der Waals surface area contributed by atoms with Crippen LogP contribution in [0.1, 0.15) is 111 Å². The van der Waals surface area contributed by atoms with Crippen LogP contribution in [0.4, 0.5) is 0 Å². The van der Waals surface area contributed by atoms with Gasteiger partial charge in [0, 0.05) is 0 Å². The molecule has 0 bridgehead atoms. The number of rotatable bonds is 13. The van der Waals surface area contributed by atoms with E-state index >= 15 is 0 Å². The Bertz CT molecular complexity index is 241. The standard InChI is InChI=1S/C20H40O/c1-5-6-7-8-9-10-11-12-15-18-19(21-18)16-13-14-17-20(2,3)4/h18-19H,5-17H2,1-4H3. The summed E-state index contributed by atoms with van der Waals surface area (Å²) in [7, 11) is 0. The van der Waals surface area contributed by atoms with Crippen LogP contribution in [0.5, 0.6) is 0 Å². The van der Waals surface area contributed by atoms with Gasteiger partial charge in [-0.2, -0.15) is 0 Å². The SMILES string of the molecule is CCCCCCCCCCC1OC1CCCCC(C)(C)C. The summed E-state index contributed by atoms with van der Waals surface area (Å²) in [5.41, 5.74) is 0.501. The number of hydrogen-bond donors (Lipinski definition) is 0. The van der Waals surface area contributed by atoms with Gasteiger partial charge in [-0.3, -0.25) is 0 Å². The molecule has 0 aromatic rings. The van der Waals surface area contributed by atoms with Gasteiger partial charge in [-0.1, -0.05) is 91.9 Å². The Hall–Kier alpha value is -0.0400. The molecule has 0 aromatic carbocycles. The molecule has 1 nitrogen and oxygen atoms in total. The molecule has 21 heavy (non-hydrogen) atoms. The largest absolute Gasteiger partial charge is 0.370 e. The molecule has 1 heteroatoms. The lowest BCUT2D eigenvalue weighted by atomic mass is 9.89. The molecule has 1 aliphatic heterocycles. The molecular weight excluding hydrogens is 256 g/mol. The van der Waals surface area contributed by atoms with E-state index in [0.717, 1.165) is 0 Å². The lowest BCUT2D eigenvalue weighted by molar-refractivity contribution is 0.332. The molecule has 0 aliphatic carbocycles. The molecule has 2 unspecified atom stereocenters. The van der Waals surface area contributed by atoms with Gasteiger partial charge in [0.2, 0.25) is 0 Å². The monoisotopic (exact) mass is 296 g/mol. The van der Waals surface area contributed by atoms with Crippen LogP contribution in [0.2, 0.25) is 0 Å². The second-order valence-electron chi connectivity index (χ2n) is 8.28. The molecule has 0 radical (unpaired) electrons. The normalized spacial score (nSPS) is 21.7. The minimum Gasteiger partial charge on any atom is -0.370 e. The van der Waals surface area contributed by atoms with Crippen molar-refractivity contribution >= 4 is 0 Å². The molecule has 0 saturated carbocycles. The highest BCUT2D eigenvalue weighted by atomic mass is 16.6. The van der Waals surface area contributed by atoms with Crippen molar-refractivity contribution in [3.05, 3.63) is 0 Å². The van der Waals surface area contributed by atoms with Gasteiger partial charge in [0.15, 0.2) is 0 Å². The van der Waals surface area contributed by atoms with E-state index in [9.17, 15) is 0 Å². The van der Waals surface area contributed by atoms with Crippen molar-refractivity contribution in [3.8, 4) is 0 Å². The number of epoxide rings is 1. The second-order valence-corrected chi connectivity index (χ2v) is 8.28. The van der Waals surface area contributed by atoms with E-state index in [4.69, 9.17) is 4.74 Å². The molecule has 126 valence electrons. The lowest BCUT2D eigenvalue weighted by Crippen LogP contribution is -2.04. The van der Waals surface area contributed by atoms with E-state index in [1.165, 1.54) is 83.5 Å². The van der Waals surface area contributed by atoms with Crippen LogP contribution >= 0.6 is 0 Å². The van der Waals surface area contributed by atoms with Gasteiger partial charge in [0.05, 0.1) is 12.2 Å². The Labute approximate surface area is 134 Å². The summed E-state index contributed by atoms with van der Waals surface area (Å²) >= 11 is 0. The Morgan fingerprint density at radius 2 is 1.14 bits per heavy atom. The van der Waals surface area contributed by atoms with Crippen LogP contribution in [0.3, 0.4) is 0 Å². The van der Waals surface area contributed by atoms with Crippen LogP contribution in [-0.2, 0) is 4.74 Å². The molecule has 1 rings (SSSR count). The van der Waals surface area contributed by atoms with Crippen molar-refractivity contribution in [2.45, 2.75) is 123 Å². The summed E-state index contributed by atoms with van der Waals surface area (Å²) in [5.74, 6) is 0. The fraction of sp³-hybridized carbons (Fsp3) is 1.00. The minimum atomic E-state index is 0.501. The quantitative estimate of drug-likeness (QED) is 0.266. The maximum atomic E-state index is 5.81. The highest BCUT2D eigenvalue weighted by Gasteiger charge is 2.36. The number of unbranched alkanes of at least 4 members (excludes halogenated alkanes) is 8. The molecule has 0 amide bonds. The highest BCUT2D eigenvalue weighted by Crippen LogP contribution is 2.32. The summed E-state index contributed by atoms with van der Waals surface area (Å²) in [4.78, 5) is 0. The molecule has 0 aromatic heterocycles. The fourth-order valence-electron chi connectivity index (χ4n) is 3.17. The van der Waals surface area contributed by atoms with Gasteiger partial charge in [0.1, 0.15) is 0 Å². The summed E-state index contributed by atoms with van der Waals surface area (Å²) in [6.45, 7) is 9.30. The van der Waals surface area contributed by atoms with E-state index in [-0.39, 0.29) is 0 Å². The zero-order chi connectivity index (χ0) is 15.6. The first-order valence-electron chi connectivity index (χ1n) is 9.68. The first kappa shape index (κ1) is 19.0. The van der Waals surface area contributed by atoms with Gasteiger partial charge < -0.3 is 4.74 Å². The third-order valence-electron chi connectivity index (χ3n) is 4.70. The molecule has 0 N–H and O–H groups in total. The summed E-state index contributed by atoms with van der Waals surface area (Å²) < 4.78 is 5.81. The maximum Gasteiger partial charge on any atom is 0.0841 e. The summed E-state index contributed by atoms with van der Waals surface area (Å²) in [6.07, 6.45) is 19.3. The smallest absolute Gasteiger partial charge is 0.0841 e. The minimum absolute atomic E-state index is 0.501. The number of hydrogen-bond acceptors (Lipinski definition) is 1. The Morgan fingerprint density at radius 3 is 1.67 bits per heavy atom. The summed E-state index contributed by atoms with van der Waals surface area (Å²) in [5, 5.41) is 0. The van der Waals surface area contributed by atoms with Gasteiger partial charge in [-0.05, 0) is 24.7 Å². The second kappa shape index (κ2) is 10.6. The highest BCUT2D eigenvalue weighted by molar-refractivity contribution is 4.84. The van der Waals surface area contributed by atoms with Gasteiger partial charge >= 0.3 is 0 Å². The van der Waals surface area contributed by atoms with Crippen molar-refractivity contribution in [1.29, 1.82) is 0 Å². The number of ether oxygens (including phenoxy) is 1. The van der Waals surface area contributed by atoms with Crippen LogP contribution in [-0.4, -0.2) is 12.2 Å². The molecular formula is C20H40O. The van der Waals surface area contributed by atoms with Gasteiger partial charge in [-0.15, -0.1) is 0 Å². The third-order valence-corrected chi connectivity index (χ3v) is 4.70. The molecule has 1 aliphatic rings. The van der Waals surface area contributed by atoms with Crippen LogP contribution in [0.25, 0.3) is 0 Å². The predicted octanol–water partition coefficient (Wildman–Crippen LogP) is 6.89. The molecule has 2 atom stereocenters. The van der Waals surface area contributed by atoms with Crippen molar-refractivity contribution in [2.24, 2.45) is 5.41 Å². The van der Waals surface area contributed by atoms with E-state index in [2.05, 4.69) is 27.7 Å². The van der Waals surface area contributed by atoms with Crippen LogP contribution in [0, 0.1) is 5.41 Å². The Balaban J connectivity index is 1.80. The molecule has 1 heterocycles. The van der Waals surface area contributed by atoms with Crippen molar-refractivity contribution in [2.75, 3.05) is 0 Å². The third kappa shape index (κ3) is 11.2. The average Bonchev–Trinajstić information content (AvgIpc) is 3.15. The van der Waals surface area contributed by atoms with Crippen LogP contribution < -0.4 is 0 Å². The molecule has 1 saturated heterocycles. The van der Waals surface area contributed by atoms with E-state index in [1.807, 2.05) is 0 Å². The first-order valence-corrected chi connectivity index (χ1v) is 9.68.